The van der Waals surface area contributed by atoms with E-state index in [1.807, 2.05) is 6.07 Å². The van der Waals surface area contributed by atoms with Crippen molar-refractivity contribution in [1.82, 2.24) is 10.1 Å². The molecule has 3 rings (SSSR count). The number of hydrogen-bond acceptors (Lipinski definition) is 5. The molecule has 1 atom stereocenters. The third-order valence-corrected chi connectivity index (χ3v) is 5.50. The number of carbonyl (C=O) groups excluding carboxylic acids is 1. The number of ether oxygens (including phenoxy) is 1. The molecule has 0 aliphatic carbocycles. The molecule has 1 amide bonds. The van der Waals surface area contributed by atoms with Crippen LogP contribution in [-0.4, -0.2) is 48.3 Å². The zero-order chi connectivity index (χ0) is 18.6. The fourth-order valence-corrected chi connectivity index (χ4v) is 3.84. The Morgan fingerprint density at radius 1 is 1.23 bits per heavy atom. The maximum absolute atomic E-state index is 13.0. The first-order valence-electron chi connectivity index (χ1n) is 10.0. The minimum Gasteiger partial charge on any atom is -0.381 e. The third-order valence-electron chi connectivity index (χ3n) is 5.50. The molecule has 6 heteroatoms. The quantitative estimate of drug-likeness (QED) is 0.885. The zero-order valence-electron chi connectivity index (χ0n) is 16.4. The number of hydrogen-bond donors (Lipinski definition) is 1. The van der Waals surface area contributed by atoms with Gasteiger partial charge in [-0.15, -0.1) is 0 Å². The second kappa shape index (κ2) is 8.53. The molecule has 3 heterocycles. The standard InChI is InChI=1S/C20H33N3O3/c1-20(2,3)17-13-18(22-26-17)21-19(24)16-7-5-4-6-10-23(16)14-15-8-11-25-12-9-15/h13,15-16H,4-12,14H2,1-3H3,(H,21,22,24). The maximum Gasteiger partial charge on any atom is 0.242 e. The minimum atomic E-state index is -0.118. The average Bonchev–Trinajstić information content (AvgIpc) is 2.95. The summed E-state index contributed by atoms with van der Waals surface area (Å²) in [5, 5.41) is 7.03. The highest BCUT2D eigenvalue weighted by Gasteiger charge is 2.30. The predicted octanol–water partition coefficient (Wildman–Crippen LogP) is 3.58. The number of nitrogens with one attached hydrogen (secondary N) is 1. The van der Waals surface area contributed by atoms with E-state index < -0.39 is 0 Å². The number of nitrogens with zero attached hydrogens (tertiary/aromatic N) is 2. The number of amides is 1. The lowest BCUT2D eigenvalue weighted by Crippen LogP contribution is -2.46. The van der Waals surface area contributed by atoms with Crippen LogP contribution in [0, 0.1) is 5.92 Å². The molecule has 0 aromatic carbocycles. The molecule has 1 unspecified atom stereocenters. The van der Waals surface area contributed by atoms with E-state index in [-0.39, 0.29) is 17.4 Å². The highest BCUT2D eigenvalue weighted by atomic mass is 16.5. The van der Waals surface area contributed by atoms with E-state index >= 15 is 0 Å². The van der Waals surface area contributed by atoms with Crippen molar-refractivity contribution >= 4 is 11.7 Å². The second-order valence-corrected chi connectivity index (χ2v) is 8.73. The van der Waals surface area contributed by atoms with Crippen LogP contribution in [0.2, 0.25) is 0 Å². The first-order valence-corrected chi connectivity index (χ1v) is 10.0. The molecule has 2 aliphatic rings. The Hall–Kier alpha value is -1.40. The Bertz CT molecular complexity index is 587. The predicted molar refractivity (Wildman–Crippen MR) is 101 cm³/mol. The van der Waals surface area contributed by atoms with Crippen LogP contribution in [0.5, 0.6) is 0 Å². The highest BCUT2D eigenvalue weighted by Crippen LogP contribution is 2.26. The monoisotopic (exact) mass is 363 g/mol. The van der Waals surface area contributed by atoms with Crippen molar-refractivity contribution in [3.8, 4) is 0 Å². The van der Waals surface area contributed by atoms with Gasteiger partial charge in [0.15, 0.2) is 5.82 Å². The molecule has 6 nitrogen and oxygen atoms in total. The van der Waals surface area contributed by atoms with E-state index in [9.17, 15) is 4.79 Å². The van der Waals surface area contributed by atoms with E-state index in [2.05, 4.69) is 36.1 Å². The van der Waals surface area contributed by atoms with Gasteiger partial charge in [0.1, 0.15) is 5.76 Å². The highest BCUT2D eigenvalue weighted by molar-refractivity contribution is 5.94. The van der Waals surface area contributed by atoms with E-state index in [1.54, 1.807) is 0 Å². The fraction of sp³-hybridized carbons (Fsp3) is 0.800. The molecule has 1 N–H and O–H groups in total. The van der Waals surface area contributed by atoms with E-state index in [0.29, 0.717) is 11.7 Å². The Morgan fingerprint density at radius 2 is 2.00 bits per heavy atom. The Kier molecular flexibility index (Phi) is 6.35. The summed E-state index contributed by atoms with van der Waals surface area (Å²) >= 11 is 0. The summed E-state index contributed by atoms with van der Waals surface area (Å²) in [6, 6.07) is 1.77. The van der Waals surface area contributed by atoms with Crippen LogP contribution < -0.4 is 5.32 Å². The third kappa shape index (κ3) is 5.07. The van der Waals surface area contributed by atoms with Crippen LogP contribution in [-0.2, 0) is 14.9 Å². The van der Waals surface area contributed by atoms with E-state index in [4.69, 9.17) is 9.26 Å². The molecule has 0 saturated carbocycles. The lowest BCUT2D eigenvalue weighted by atomic mass is 9.93. The molecule has 0 spiro atoms. The topological polar surface area (TPSA) is 67.6 Å². The lowest BCUT2D eigenvalue weighted by molar-refractivity contribution is -0.121. The van der Waals surface area contributed by atoms with Crippen LogP contribution in [0.3, 0.4) is 0 Å². The van der Waals surface area contributed by atoms with Crippen molar-refractivity contribution in [2.24, 2.45) is 5.92 Å². The number of aromatic nitrogens is 1. The van der Waals surface area contributed by atoms with Gasteiger partial charge >= 0.3 is 0 Å². The summed E-state index contributed by atoms with van der Waals surface area (Å²) < 4.78 is 10.9. The molecular weight excluding hydrogens is 330 g/mol. The van der Waals surface area contributed by atoms with Gasteiger partial charge in [0.25, 0.3) is 0 Å². The van der Waals surface area contributed by atoms with Gasteiger partial charge in [-0.05, 0) is 38.1 Å². The van der Waals surface area contributed by atoms with E-state index in [0.717, 1.165) is 57.7 Å². The summed E-state index contributed by atoms with van der Waals surface area (Å²) in [7, 11) is 0. The molecule has 1 aromatic rings. The molecule has 26 heavy (non-hydrogen) atoms. The first-order chi connectivity index (χ1) is 12.4. The Labute approximate surface area is 156 Å². The van der Waals surface area contributed by atoms with Gasteiger partial charge < -0.3 is 14.6 Å². The van der Waals surface area contributed by atoms with Gasteiger partial charge in [-0.2, -0.15) is 0 Å². The van der Waals surface area contributed by atoms with Crippen LogP contribution >= 0.6 is 0 Å². The summed E-state index contributed by atoms with van der Waals surface area (Å²) in [5.41, 5.74) is -0.118. The molecule has 146 valence electrons. The van der Waals surface area contributed by atoms with Crippen molar-refractivity contribution in [3.63, 3.8) is 0 Å². The van der Waals surface area contributed by atoms with Crippen molar-refractivity contribution in [2.75, 3.05) is 31.6 Å². The van der Waals surface area contributed by atoms with E-state index in [1.165, 1.54) is 12.8 Å². The van der Waals surface area contributed by atoms with Gasteiger partial charge in [-0.3, -0.25) is 9.69 Å². The number of likely N-dealkylation sites (tertiary alicyclic amines) is 1. The average molecular weight is 364 g/mol. The summed E-state index contributed by atoms with van der Waals surface area (Å²) in [6.07, 6.45) is 6.59. The van der Waals surface area contributed by atoms with Crippen molar-refractivity contribution in [3.05, 3.63) is 11.8 Å². The second-order valence-electron chi connectivity index (χ2n) is 8.73. The van der Waals surface area contributed by atoms with Gasteiger partial charge in [0.2, 0.25) is 5.91 Å². The summed E-state index contributed by atoms with van der Waals surface area (Å²) in [4.78, 5) is 15.4. The smallest absolute Gasteiger partial charge is 0.242 e. The summed E-state index contributed by atoms with van der Waals surface area (Å²) in [5.74, 6) is 1.99. The molecule has 1 aromatic heterocycles. The number of rotatable bonds is 4. The van der Waals surface area contributed by atoms with Crippen molar-refractivity contribution in [2.45, 2.75) is 70.8 Å². The SMILES string of the molecule is CC(C)(C)c1cc(NC(=O)C2CCCCCN2CC2CCOCC2)no1. The number of anilines is 1. The maximum atomic E-state index is 13.0. The van der Waals surface area contributed by atoms with Crippen LogP contribution in [0.25, 0.3) is 0 Å². The molecule has 2 fully saturated rings. The normalized spacial score (nSPS) is 23.6. The van der Waals surface area contributed by atoms with Crippen LogP contribution in [0.4, 0.5) is 5.82 Å². The minimum absolute atomic E-state index is 0.0488. The van der Waals surface area contributed by atoms with Gasteiger partial charge in [-0.25, -0.2) is 0 Å². The lowest BCUT2D eigenvalue weighted by Gasteiger charge is -2.33. The van der Waals surface area contributed by atoms with Crippen LogP contribution in [0.15, 0.2) is 10.6 Å². The fourth-order valence-electron chi connectivity index (χ4n) is 3.84. The van der Waals surface area contributed by atoms with Crippen LogP contribution in [0.1, 0.15) is 65.1 Å². The number of carbonyl (C=O) groups is 1. The Morgan fingerprint density at radius 3 is 2.69 bits per heavy atom. The first kappa shape index (κ1) is 19.4. The van der Waals surface area contributed by atoms with Gasteiger partial charge in [-0.1, -0.05) is 38.8 Å². The van der Waals surface area contributed by atoms with Gasteiger partial charge in [0, 0.05) is 31.2 Å². The van der Waals surface area contributed by atoms with Crippen molar-refractivity contribution < 1.29 is 14.1 Å². The largest absolute Gasteiger partial charge is 0.381 e. The molecule has 2 saturated heterocycles. The van der Waals surface area contributed by atoms with Crippen molar-refractivity contribution in [1.29, 1.82) is 0 Å². The molecular formula is C20H33N3O3. The molecule has 0 bridgehead atoms. The molecule has 0 radical (unpaired) electrons. The zero-order valence-corrected chi connectivity index (χ0v) is 16.4. The molecule has 2 aliphatic heterocycles. The Balaban J connectivity index is 1.64. The van der Waals surface area contributed by atoms with Gasteiger partial charge in [0.05, 0.1) is 6.04 Å². The summed E-state index contributed by atoms with van der Waals surface area (Å²) in [6.45, 7) is 9.91.